The van der Waals surface area contributed by atoms with E-state index in [9.17, 15) is 4.79 Å². The molecular formula is C9H16O3. The molecule has 0 unspecified atom stereocenters. The van der Waals surface area contributed by atoms with Gasteiger partial charge in [-0.05, 0) is 26.2 Å². The third kappa shape index (κ3) is 1.61. The molecule has 0 atom stereocenters. The maximum absolute atomic E-state index is 11.4. The van der Waals surface area contributed by atoms with Crippen LogP contribution in [0.2, 0.25) is 0 Å². The van der Waals surface area contributed by atoms with E-state index in [1.54, 1.807) is 0 Å². The summed E-state index contributed by atoms with van der Waals surface area (Å²) >= 11 is 0. The first-order valence-electron chi connectivity index (χ1n) is 4.53. The lowest BCUT2D eigenvalue weighted by Gasteiger charge is -2.38. The van der Waals surface area contributed by atoms with E-state index in [1.807, 2.05) is 6.92 Å². The van der Waals surface area contributed by atoms with E-state index < -0.39 is 0 Å². The molecule has 0 aromatic carbocycles. The number of hydrogen-bond acceptors (Lipinski definition) is 3. The van der Waals surface area contributed by atoms with Crippen LogP contribution < -0.4 is 0 Å². The van der Waals surface area contributed by atoms with Gasteiger partial charge in [0.05, 0.1) is 12.0 Å². The van der Waals surface area contributed by atoms with E-state index in [4.69, 9.17) is 9.84 Å². The summed E-state index contributed by atoms with van der Waals surface area (Å²) in [5, 5.41) is 8.78. The number of carbonyl (C=O) groups is 1. The topological polar surface area (TPSA) is 46.5 Å². The third-order valence-electron chi connectivity index (χ3n) is 2.61. The van der Waals surface area contributed by atoms with Gasteiger partial charge in [-0.2, -0.15) is 0 Å². The molecule has 1 rings (SSSR count). The molecule has 0 heterocycles. The molecule has 3 nitrogen and oxygen atoms in total. The van der Waals surface area contributed by atoms with E-state index in [1.165, 1.54) is 0 Å². The summed E-state index contributed by atoms with van der Waals surface area (Å²) in [4.78, 5) is 11.4. The lowest BCUT2D eigenvalue weighted by molar-refractivity contribution is -0.162. The number of aliphatic hydroxyl groups is 1. The quantitative estimate of drug-likeness (QED) is 0.646. The first kappa shape index (κ1) is 9.52. The highest BCUT2D eigenvalue weighted by atomic mass is 16.5. The van der Waals surface area contributed by atoms with Crippen molar-refractivity contribution in [2.24, 2.45) is 5.41 Å². The van der Waals surface area contributed by atoms with Crippen LogP contribution in [0.4, 0.5) is 0 Å². The van der Waals surface area contributed by atoms with Crippen LogP contribution in [-0.4, -0.2) is 24.3 Å². The van der Waals surface area contributed by atoms with Crippen LogP contribution >= 0.6 is 0 Å². The van der Waals surface area contributed by atoms with Crippen LogP contribution in [0.5, 0.6) is 0 Å². The fourth-order valence-corrected chi connectivity index (χ4v) is 1.66. The Morgan fingerprint density at radius 3 is 2.58 bits per heavy atom. The molecule has 1 saturated carbocycles. The van der Waals surface area contributed by atoms with Crippen LogP contribution in [-0.2, 0) is 9.53 Å². The number of ether oxygens (including phenoxy) is 1. The average molecular weight is 172 g/mol. The predicted octanol–water partition coefficient (Wildman–Crippen LogP) is 1.10. The Kier molecular flexibility index (Phi) is 3.09. The third-order valence-corrected chi connectivity index (χ3v) is 2.61. The van der Waals surface area contributed by atoms with Crippen LogP contribution in [0.1, 0.15) is 32.6 Å². The van der Waals surface area contributed by atoms with Crippen LogP contribution in [0.25, 0.3) is 0 Å². The average Bonchev–Trinajstić information content (AvgIpc) is 1.97. The zero-order valence-electron chi connectivity index (χ0n) is 7.51. The number of esters is 1. The summed E-state index contributed by atoms with van der Waals surface area (Å²) in [5.74, 6) is -0.120. The molecule has 70 valence electrons. The molecular weight excluding hydrogens is 156 g/mol. The lowest BCUT2D eigenvalue weighted by atomic mass is 9.67. The first-order chi connectivity index (χ1) is 5.75. The second-order valence-electron chi connectivity index (χ2n) is 3.33. The Balaban J connectivity index is 2.47. The Bertz CT molecular complexity index is 161. The van der Waals surface area contributed by atoms with Crippen molar-refractivity contribution in [1.29, 1.82) is 0 Å². The Hall–Kier alpha value is -0.570. The van der Waals surface area contributed by atoms with Crippen LogP contribution in [0.15, 0.2) is 0 Å². The number of rotatable bonds is 4. The summed E-state index contributed by atoms with van der Waals surface area (Å²) in [6, 6.07) is 0. The van der Waals surface area contributed by atoms with E-state index in [-0.39, 0.29) is 18.0 Å². The van der Waals surface area contributed by atoms with Gasteiger partial charge in [-0.3, -0.25) is 4.79 Å². The van der Waals surface area contributed by atoms with Gasteiger partial charge in [0.1, 0.15) is 0 Å². The molecule has 1 N–H and O–H groups in total. The second kappa shape index (κ2) is 3.90. The van der Waals surface area contributed by atoms with Crippen molar-refractivity contribution in [1.82, 2.24) is 0 Å². The standard InChI is InChI=1S/C9H16O3/c1-2-12-8(11)9(6-7-10)4-3-5-9/h10H,2-7H2,1H3. The molecule has 12 heavy (non-hydrogen) atoms. The number of hydrogen-bond donors (Lipinski definition) is 1. The summed E-state index contributed by atoms with van der Waals surface area (Å²) in [6.07, 6.45) is 3.41. The molecule has 1 aliphatic carbocycles. The van der Waals surface area contributed by atoms with E-state index in [2.05, 4.69) is 0 Å². The first-order valence-corrected chi connectivity index (χ1v) is 4.53. The number of aliphatic hydroxyl groups excluding tert-OH is 1. The SMILES string of the molecule is CCOC(=O)C1(CCO)CCC1. The van der Waals surface area contributed by atoms with Gasteiger partial charge >= 0.3 is 5.97 Å². The molecule has 0 bridgehead atoms. The maximum Gasteiger partial charge on any atom is 0.312 e. The van der Waals surface area contributed by atoms with Gasteiger partial charge in [0, 0.05) is 6.61 Å². The highest BCUT2D eigenvalue weighted by Crippen LogP contribution is 2.44. The lowest BCUT2D eigenvalue weighted by Crippen LogP contribution is -2.40. The molecule has 1 aliphatic rings. The van der Waals surface area contributed by atoms with Gasteiger partial charge in [-0.25, -0.2) is 0 Å². The van der Waals surface area contributed by atoms with Gasteiger partial charge < -0.3 is 9.84 Å². The molecule has 0 aromatic rings. The van der Waals surface area contributed by atoms with Crippen molar-refractivity contribution in [3.05, 3.63) is 0 Å². The van der Waals surface area contributed by atoms with Crippen molar-refractivity contribution < 1.29 is 14.6 Å². The highest BCUT2D eigenvalue weighted by molar-refractivity contribution is 5.77. The zero-order valence-corrected chi connectivity index (χ0v) is 7.51. The minimum atomic E-state index is -0.329. The van der Waals surface area contributed by atoms with Crippen molar-refractivity contribution >= 4 is 5.97 Å². The monoisotopic (exact) mass is 172 g/mol. The van der Waals surface area contributed by atoms with Gasteiger partial charge in [0.15, 0.2) is 0 Å². The highest BCUT2D eigenvalue weighted by Gasteiger charge is 2.44. The molecule has 0 radical (unpaired) electrons. The van der Waals surface area contributed by atoms with Crippen molar-refractivity contribution in [2.75, 3.05) is 13.2 Å². The minimum Gasteiger partial charge on any atom is -0.466 e. The molecule has 3 heteroatoms. The van der Waals surface area contributed by atoms with Crippen molar-refractivity contribution in [3.8, 4) is 0 Å². The van der Waals surface area contributed by atoms with E-state index in [0.29, 0.717) is 13.0 Å². The second-order valence-corrected chi connectivity index (χ2v) is 3.33. The largest absolute Gasteiger partial charge is 0.466 e. The summed E-state index contributed by atoms with van der Waals surface area (Å²) < 4.78 is 4.95. The zero-order chi connectivity index (χ0) is 9.03. The molecule has 0 spiro atoms. The van der Waals surface area contributed by atoms with Gasteiger partial charge in [0.25, 0.3) is 0 Å². The van der Waals surface area contributed by atoms with Crippen molar-refractivity contribution in [3.63, 3.8) is 0 Å². The van der Waals surface area contributed by atoms with Crippen molar-refractivity contribution in [2.45, 2.75) is 32.6 Å². The normalized spacial score (nSPS) is 19.8. The predicted molar refractivity (Wildman–Crippen MR) is 44.6 cm³/mol. The van der Waals surface area contributed by atoms with E-state index in [0.717, 1.165) is 19.3 Å². The van der Waals surface area contributed by atoms with Gasteiger partial charge in [-0.15, -0.1) is 0 Å². The summed E-state index contributed by atoms with van der Waals surface area (Å²) in [7, 11) is 0. The molecule has 0 aromatic heterocycles. The molecule has 0 amide bonds. The maximum atomic E-state index is 11.4. The number of carbonyl (C=O) groups excluding carboxylic acids is 1. The molecule has 0 saturated heterocycles. The summed E-state index contributed by atoms with van der Waals surface area (Å²) in [5.41, 5.74) is -0.329. The Morgan fingerprint density at radius 1 is 1.58 bits per heavy atom. The van der Waals surface area contributed by atoms with Gasteiger partial charge in [-0.1, -0.05) is 6.42 Å². The molecule has 0 aliphatic heterocycles. The van der Waals surface area contributed by atoms with E-state index >= 15 is 0 Å². The fraction of sp³-hybridized carbons (Fsp3) is 0.889. The van der Waals surface area contributed by atoms with Crippen LogP contribution in [0.3, 0.4) is 0 Å². The Morgan fingerprint density at radius 2 is 2.25 bits per heavy atom. The molecule has 1 fully saturated rings. The Labute approximate surface area is 72.7 Å². The van der Waals surface area contributed by atoms with Gasteiger partial charge in [0.2, 0.25) is 0 Å². The van der Waals surface area contributed by atoms with Crippen LogP contribution in [0, 0.1) is 5.41 Å². The fourth-order valence-electron chi connectivity index (χ4n) is 1.66. The minimum absolute atomic E-state index is 0.0822. The summed E-state index contributed by atoms with van der Waals surface area (Å²) in [6.45, 7) is 2.33. The smallest absolute Gasteiger partial charge is 0.312 e.